The Morgan fingerprint density at radius 3 is 3.05 bits per heavy atom. The Labute approximate surface area is 136 Å². The van der Waals surface area contributed by atoms with E-state index in [1.807, 2.05) is 11.3 Å². The van der Waals surface area contributed by atoms with Crippen LogP contribution in [0.3, 0.4) is 0 Å². The fourth-order valence-electron chi connectivity index (χ4n) is 3.11. The summed E-state index contributed by atoms with van der Waals surface area (Å²) in [5.74, 6) is 0.138. The summed E-state index contributed by atoms with van der Waals surface area (Å²) < 4.78 is 5.36. The van der Waals surface area contributed by atoms with Crippen LogP contribution in [0, 0.1) is 0 Å². The quantitative estimate of drug-likeness (QED) is 0.876. The number of carbonyl (C=O) groups excluding carboxylic acids is 1. The normalized spacial score (nSPS) is 21.3. The fourth-order valence-corrected chi connectivity index (χ4v) is 4.00. The van der Waals surface area contributed by atoms with Crippen LogP contribution in [0.5, 0.6) is 0 Å². The molecule has 0 unspecified atom stereocenters. The molecule has 1 N–H and O–H groups in total. The van der Waals surface area contributed by atoms with Crippen molar-refractivity contribution in [2.24, 2.45) is 0 Å². The summed E-state index contributed by atoms with van der Waals surface area (Å²) in [5.41, 5.74) is 1.39. The highest BCUT2D eigenvalue weighted by molar-refractivity contribution is 7.10. The Morgan fingerprint density at radius 2 is 2.23 bits per heavy atom. The van der Waals surface area contributed by atoms with Crippen molar-refractivity contribution in [3.8, 4) is 0 Å². The Balaban J connectivity index is 1.39. The second-order valence-electron chi connectivity index (χ2n) is 6.13. The van der Waals surface area contributed by atoms with E-state index in [2.05, 4.69) is 33.5 Å². The lowest BCUT2D eigenvalue weighted by molar-refractivity contribution is -0.122. The maximum Gasteiger partial charge on any atom is 0.234 e. The summed E-state index contributed by atoms with van der Waals surface area (Å²) in [6.45, 7) is 8.81. The SMILES string of the molecule is C[C@H](CNC(=O)CN1CCc2sccc2C1)N1CCOCC1. The van der Waals surface area contributed by atoms with Crippen molar-refractivity contribution >= 4 is 17.2 Å². The van der Waals surface area contributed by atoms with Crippen molar-refractivity contribution in [1.29, 1.82) is 0 Å². The second-order valence-corrected chi connectivity index (χ2v) is 7.13. The monoisotopic (exact) mass is 323 g/mol. The third-order valence-electron chi connectivity index (χ3n) is 4.52. The highest BCUT2D eigenvalue weighted by atomic mass is 32.1. The predicted octanol–water partition coefficient (Wildman–Crippen LogP) is 0.943. The maximum absolute atomic E-state index is 12.2. The van der Waals surface area contributed by atoms with Crippen LogP contribution in [0.15, 0.2) is 11.4 Å². The van der Waals surface area contributed by atoms with Gasteiger partial charge in [0.15, 0.2) is 0 Å². The van der Waals surface area contributed by atoms with Crippen LogP contribution in [0.1, 0.15) is 17.4 Å². The topological polar surface area (TPSA) is 44.8 Å². The zero-order chi connectivity index (χ0) is 15.4. The summed E-state index contributed by atoms with van der Waals surface area (Å²) >= 11 is 1.83. The van der Waals surface area contributed by atoms with E-state index in [4.69, 9.17) is 4.74 Å². The third-order valence-corrected chi connectivity index (χ3v) is 5.54. The minimum atomic E-state index is 0.138. The molecule has 1 saturated heterocycles. The van der Waals surface area contributed by atoms with E-state index in [0.717, 1.165) is 52.4 Å². The first kappa shape index (κ1) is 15.9. The summed E-state index contributed by atoms with van der Waals surface area (Å²) in [6, 6.07) is 2.56. The second kappa shape index (κ2) is 7.55. The van der Waals surface area contributed by atoms with Gasteiger partial charge in [0, 0.05) is 43.6 Å². The minimum absolute atomic E-state index is 0.138. The number of hydrogen-bond donors (Lipinski definition) is 1. The zero-order valence-electron chi connectivity index (χ0n) is 13.2. The summed E-state index contributed by atoms with van der Waals surface area (Å²) in [7, 11) is 0. The smallest absolute Gasteiger partial charge is 0.234 e. The molecule has 2 aliphatic rings. The van der Waals surface area contributed by atoms with Gasteiger partial charge >= 0.3 is 0 Å². The molecule has 122 valence electrons. The standard InChI is InChI=1S/C16H25N3O2S/c1-13(19-5-7-21-8-6-19)10-17-16(20)12-18-4-2-15-14(11-18)3-9-22-15/h3,9,13H,2,4-8,10-12H2,1H3,(H,17,20)/t13-/m1/s1. The first-order valence-corrected chi connectivity index (χ1v) is 8.96. The zero-order valence-corrected chi connectivity index (χ0v) is 14.0. The third kappa shape index (κ3) is 4.07. The van der Waals surface area contributed by atoms with Gasteiger partial charge in [0.2, 0.25) is 5.91 Å². The number of nitrogens with zero attached hydrogens (tertiary/aromatic N) is 2. The number of nitrogens with one attached hydrogen (secondary N) is 1. The van der Waals surface area contributed by atoms with Gasteiger partial charge in [-0.05, 0) is 30.4 Å². The number of morpholine rings is 1. The molecule has 1 atom stereocenters. The van der Waals surface area contributed by atoms with Gasteiger partial charge in [-0.1, -0.05) is 0 Å². The number of fused-ring (bicyclic) bond motifs is 1. The number of amides is 1. The van der Waals surface area contributed by atoms with Crippen molar-refractivity contribution < 1.29 is 9.53 Å². The molecule has 1 aromatic heterocycles. The Kier molecular flexibility index (Phi) is 5.46. The molecule has 0 saturated carbocycles. The molecule has 0 aromatic carbocycles. The van der Waals surface area contributed by atoms with Crippen molar-refractivity contribution in [3.63, 3.8) is 0 Å². The number of thiophene rings is 1. The van der Waals surface area contributed by atoms with Crippen LogP contribution < -0.4 is 5.32 Å². The molecule has 0 aliphatic carbocycles. The molecule has 3 heterocycles. The van der Waals surface area contributed by atoms with Gasteiger partial charge < -0.3 is 10.1 Å². The van der Waals surface area contributed by atoms with Gasteiger partial charge in [0.25, 0.3) is 0 Å². The first-order chi connectivity index (χ1) is 10.7. The van der Waals surface area contributed by atoms with Gasteiger partial charge in [0.1, 0.15) is 0 Å². The van der Waals surface area contributed by atoms with E-state index in [1.54, 1.807) is 0 Å². The van der Waals surface area contributed by atoms with Gasteiger partial charge in [0.05, 0.1) is 19.8 Å². The van der Waals surface area contributed by atoms with Gasteiger partial charge in [-0.15, -0.1) is 11.3 Å². The van der Waals surface area contributed by atoms with Gasteiger partial charge in [-0.3, -0.25) is 14.6 Å². The van der Waals surface area contributed by atoms with E-state index in [0.29, 0.717) is 12.6 Å². The highest BCUT2D eigenvalue weighted by Crippen LogP contribution is 2.23. The number of carbonyl (C=O) groups is 1. The molecule has 3 rings (SSSR count). The van der Waals surface area contributed by atoms with Crippen LogP contribution in [0.4, 0.5) is 0 Å². The van der Waals surface area contributed by atoms with Crippen molar-refractivity contribution in [1.82, 2.24) is 15.1 Å². The lowest BCUT2D eigenvalue weighted by Gasteiger charge is -2.32. The molecule has 5 nitrogen and oxygen atoms in total. The van der Waals surface area contributed by atoms with E-state index in [1.165, 1.54) is 10.4 Å². The first-order valence-electron chi connectivity index (χ1n) is 8.08. The van der Waals surface area contributed by atoms with Gasteiger partial charge in [-0.2, -0.15) is 0 Å². The fraction of sp³-hybridized carbons (Fsp3) is 0.688. The van der Waals surface area contributed by atoms with E-state index in [-0.39, 0.29) is 5.91 Å². The molecular formula is C16H25N3O2S. The Bertz CT molecular complexity index is 499. The minimum Gasteiger partial charge on any atom is -0.379 e. The van der Waals surface area contributed by atoms with Crippen LogP contribution in [-0.4, -0.2) is 67.7 Å². The maximum atomic E-state index is 12.2. The summed E-state index contributed by atoms with van der Waals surface area (Å²) in [6.07, 6.45) is 1.07. The molecule has 1 aromatic rings. The molecule has 1 amide bonds. The van der Waals surface area contributed by atoms with Crippen molar-refractivity contribution in [3.05, 3.63) is 21.9 Å². The summed E-state index contributed by atoms with van der Waals surface area (Å²) in [4.78, 5) is 18.3. The molecule has 0 radical (unpaired) electrons. The van der Waals surface area contributed by atoms with Gasteiger partial charge in [-0.25, -0.2) is 0 Å². The van der Waals surface area contributed by atoms with Crippen LogP contribution in [0.25, 0.3) is 0 Å². The molecule has 0 bridgehead atoms. The van der Waals surface area contributed by atoms with E-state index >= 15 is 0 Å². The van der Waals surface area contributed by atoms with Crippen molar-refractivity contribution in [2.45, 2.75) is 25.9 Å². The number of hydrogen-bond acceptors (Lipinski definition) is 5. The Hall–Kier alpha value is -0.950. The summed E-state index contributed by atoms with van der Waals surface area (Å²) in [5, 5.41) is 5.24. The van der Waals surface area contributed by atoms with E-state index < -0.39 is 0 Å². The van der Waals surface area contributed by atoms with Crippen LogP contribution >= 0.6 is 11.3 Å². The lowest BCUT2D eigenvalue weighted by atomic mass is 10.1. The highest BCUT2D eigenvalue weighted by Gasteiger charge is 2.20. The molecular weight excluding hydrogens is 298 g/mol. The number of ether oxygens (including phenoxy) is 1. The van der Waals surface area contributed by atoms with Crippen LogP contribution in [0.2, 0.25) is 0 Å². The van der Waals surface area contributed by atoms with Crippen LogP contribution in [-0.2, 0) is 22.5 Å². The molecule has 6 heteroatoms. The lowest BCUT2D eigenvalue weighted by Crippen LogP contribution is -2.48. The largest absolute Gasteiger partial charge is 0.379 e. The molecule has 1 fully saturated rings. The molecule has 0 spiro atoms. The molecule has 2 aliphatic heterocycles. The van der Waals surface area contributed by atoms with Crippen molar-refractivity contribution in [2.75, 3.05) is 45.9 Å². The Morgan fingerprint density at radius 1 is 1.41 bits per heavy atom. The number of rotatable bonds is 5. The average Bonchev–Trinajstić information content (AvgIpc) is 3.01. The predicted molar refractivity (Wildman–Crippen MR) is 88.2 cm³/mol. The molecule has 22 heavy (non-hydrogen) atoms. The average molecular weight is 323 g/mol. The van der Waals surface area contributed by atoms with E-state index in [9.17, 15) is 4.79 Å².